The Bertz CT molecular complexity index is 6120. The molecule has 0 bridgehead atoms. The fourth-order valence-electron chi connectivity index (χ4n) is 17.8. The van der Waals surface area contributed by atoms with E-state index in [1.165, 1.54) is 49.6 Å². The van der Waals surface area contributed by atoms with Crippen molar-refractivity contribution in [2.75, 3.05) is 108 Å². The van der Waals surface area contributed by atoms with Gasteiger partial charge in [-0.1, -0.05) is 143 Å². The lowest BCUT2D eigenvalue weighted by Gasteiger charge is -2.32. The highest BCUT2D eigenvalue weighted by atomic mass is 31.2. The Morgan fingerprint density at radius 1 is 0.340 bits per heavy atom. The van der Waals surface area contributed by atoms with E-state index >= 15 is 0 Å². The third-order valence-corrected chi connectivity index (χ3v) is 33.8. The third kappa shape index (κ3) is 28.3. The number of benzene rings is 8. The van der Waals surface area contributed by atoms with Crippen molar-refractivity contribution >= 4 is 135 Å². The number of aromatic hydroxyl groups is 1. The molecule has 0 fully saturated rings. The topological polar surface area (TPSA) is 356 Å². The van der Waals surface area contributed by atoms with Crippen molar-refractivity contribution in [2.45, 2.75) is 160 Å². The molecule has 5 aliphatic rings. The fourth-order valence-corrected chi connectivity index (χ4v) is 28.6. The summed E-state index contributed by atoms with van der Waals surface area (Å²) in [7, 11) is 12.8. The van der Waals surface area contributed by atoms with Gasteiger partial charge in [0.2, 0.25) is 0 Å². The summed E-state index contributed by atoms with van der Waals surface area (Å²) in [5.41, 5.74) is 17.7. The molecule has 141 heavy (non-hydrogen) atoms. The summed E-state index contributed by atoms with van der Waals surface area (Å²) < 4.78 is 120. The largest absolute Gasteiger partial charge is 0.507 e. The highest BCUT2D eigenvalue weighted by Crippen LogP contribution is 2.53. The second-order valence-corrected chi connectivity index (χ2v) is 50.6. The first-order valence-corrected chi connectivity index (χ1v) is 57.2. The van der Waals surface area contributed by atoms with Crippen LogP contribution in [0.3, 0.4) is 0 Å². The number of carbonyl (C=O) groups is 8. The maximum Gasteiger partial charge on any atom is 0.342 e. The van der Waals surface area contributed by atoms with Crippen LogP contribution in [0.5, 0.6) is 57.5 Å². The molecule has 0 saturated heterocycles. The van der Waals surface area contributed by atoms with Crippen molar-refractivity contribution in [3.8, 4) is 57.5 Å². The van der Waals surface area contributed by atoms with Gasteiger partial charge in [0.05, 0.1) is 109 Å². The van der Waals surface area contributed by atoms with Gasteiger partial charge in [-0.15, -0.1) is 0 Å². The van der Waals surface area contributed by atoms with Crippen LogP contribution in [0.2, 0.25) is 0 Å². The van der Waals surface area contributed by atoms with Crippen molar-refractivity contribution in [2.24, 2.45) is 0 Å². The predicted molar refractivity (Wildman–Crippen MR) is 568 cm³/mol. The normalized spacial score (nSPS) is 13.4. The number of ether oxygens (including phenoxy) is 12. The molecule has 0 saturated carbocycles. The van der Waals surface area contributed by atoms with Crippen LogP contribution in [-0.4, -0.2) is 167 Å². The Labute approximate surface area is 837 Å². The summed E-state index contributed by atoms with van der Waals surface area (Å²) in [6.07, 6.45) is 14.4. The molecule has 4 unspecified atom stereocenters. The molecule has 8 aromatic rings. The van der Waals surface area contributed by atoms with Crippen LogP contribution in [0.4, 0.5) is 0 Å². The summed E-state index contributed by atoms with van der Waals surface area (Å²) >= 11 is 0. The Morgan fingerprint density at radius 2 is 0.574 bits per heavy atom. The van der Waals surface area contributed by atoms with Crippen LogP contribution < -0.4 is 57.7 Å². The lowest BCUT2D eigenvalue weighted by molar-refractivity contribution is -0.141. The Balaban J connectivity index is 0.000000208. The molecule has 36 heteroatoms. The van der Waals surface area contributed by atoms with Gasteiger partial charge in [-0.05, 0) is 198 Å². The molecule has 0 aromatic heterocycles. The molecule has 0 aliphatic carbocycles. The molecule has 8 aromatic carbocycles. The number of allylic oxidation sites excluding steroid dienone is 8. The van der Waals surface area contributed by atoms with E-state index in [9.17, 15) is 57.2 Å². The molecule has 5 heterocycles. The number of aldehydes is 1. The van der Waals surface area contributed by atoms with Crippen molar-refractivity contribution in [3.05, 3.63) is 249 Å². The number of methoxy groups -OCH3 is 7. The molecule has 28 nitrogen and oxygen atoms in total. The first-order chi connectivity index (χ1) is 66.8. The van der Waals surface area contributed by atoms with Gasteiger partial charge in [-0.25, -0.2) is 24.0 Å². The molecule has 4 atom stereocenters. The number of carbonyl (C=O) groups excluding carboxylic acids is 8. The van der Waals surface area contributed by atoms with E-state index < -0.39 is 40.3 Å². The summed E-state index contributed by atoms with van der Waals surface area (Å²) in [6, 6.07) is 32.2. The standard InChI is InChI=1S/C23H26OP2.C18H23O6P.C18H22O6.2C17H24O5P2.C12H13O5P/c1-20(19-25(2,3)24)26(21-13-7-4-8-14-21,22-15-9-5-10-16-22)23-17-11-6-12-18-23;1-10(6-8-14(19)21-3)5-7-12-16(22-4)11(2)13-9-23-18(20)15(13)17(12)24-25;1-10(6-8-14(19)22-3)5-7-12-16(20)15-13(9-24-18(15)21)11(2)17(12)23-4;2*1-10(9-24(4,5)19)6-7-12-15(20-3)11(2)13-8-21-17(18)14(13)16(12)22-23;1-6-8-5-16-12(14)9(8)11(17-18)7(3-4-13)10(6)15-2/h4-18H,19H2,1-3H3;5H,6-9,25H2,1-4H3;5,20H,6-9H2,1-4H3;2*6H,7-9,23H2,1-5H3;4H,3,5,18H2,1-2H3/b;2*10-5+;2*10-6+;. The number of cyclic esters (lactones) is 5. The maximum atomic E-state index is 12.8. The van der Waals surface area contributed by atoms with Crippen molar-refractivity contribution in [1.29, 1.82) is 0 Å². The number of esters is 7. The van der Waals surface area contributed by atoms with Gasteiger partial charge in [0.25, 0.3) is 0 Å². The van der Waals surface area contributed by atoms with Crippen LogP contribution in [0.15, 0.2) is 138 Å². The molecule has 13 rings (SSSR count). The number of phenols is 1. The summed E-state index contributed by atoms with van der Waals surface area (Å²) in [5, 5.41) is 15.8. The molecule has 5 aliphatic heterocycles. The van der Waals surface area contributed by atoms with Crippen LogP contribution in [-0.2, 0) is 126 Å². The molecule has 1 N–H and O–H groups in total. The zero-order valence-corrected chi connectivity index (χ0v) is 92.8. The summed E-state index contributed by atoms with van der Waals surface area (Å²) in [6.45, 7) is 29.4. The van der Waals surface area contributed by atoms with Crippen LogP contribution in [0.25, 0.3) is 0 Å². The minimum atomic E-state index is -2.19. The lowest BCUT2D eigenvalue weighted by atomic mass is 9.94. The van der Waals surface area contributed by atoms with E-state index in [0.717, 1.165) is 95.3 Å². The smallest absolute Gasteiger partial charge is 0.342 e. The van der Waals surface area contributed by atoms with Crippen molar-refractivity contribution in [1.82, 2.24) is 0 Å². The average Bonchev–Trinajstić information content (AvgIpc) is 1.73. The van der Waals surface area contributed by atoms with Gasteiger partial charge in [-0.3, -0.25) is 9.59 Å². The van der Waals surface area contributed by atoms with Gasteiger partial charge < -0.3 is 98.5 Å². The first-order valence-electron chi connectivity index (χ1n) is 45.2. The van der Waals surface area contributed by atoms with Gasteiger partial charge in [0.15, 0.2) is 0 Å². The van der Waals surface area contributed by atoms with E-state index in [1.807, 2.05) is 99.9 Å². The van der Waals surface area contributed by atoms with Crippen molar-refractivity contribution in [3.63, 3.8) is 0 Å². The van der Waals surface area contributed by atoms with Gasteiger partial charge in [0.1, 0.15) is 125 Å². The fraction of sp³-hybridized carbons (Fsp3) is 0.381. The Hall–Kier alpha value is -10.6. The number of fused-ring (bicyclic) bond motifs is 5. The van der Waals surface area contributed by atoms with Gasteiger partial charge in [-0.2, -0.15) is 0 Å². The second-order valence-electron chi connectivity index (χ2n) is 35.6. The number of hydrogen-bond donors (Lipinski definition) is 1. The highest BCUT2D eigenvalue weighted by molar-refractivity contribution is 7.96. The minimum absolute atomic E-state index is 0.0908. The zero-order valence-electron chi connectivity index (χ0n) is 84.6. The minimum Gasteiger partial charge on any atom is -0.507 e. The molecule has 0 spiro atoms. The summed E-state index contributed by atoms with van der Waals surface area (Å²) in [5.74, 6) is 2.28. The van der Waals surface area contributed by atoms with Crippen LogP contribution >= 0.6 is 66.2 Å². The Morgan fingerprint density at radius 3 is 0.816 bits per heavy atom. The first kappa shape index (κ1) is 116. The quantitative estimate of drug-likeness (QED) is 0.0129. The molecule has 760 valence electrons. The van der Waals surface area contributed by atoms with E-state index in [0.29, 0.717) is 161 Å². The number of hydrogen-bond acceptors (Lipinski definition) is 28. The zero-order chi connectivity index (χ0) is 104. The highest BCUT2D eigenvalue weighted by Gasteiger charge is 2.39. The van der Waals surface area contributed by atoms with E-state index in [2.05, 4.69) is 145 Å². The number of rotatable bonds is 34. The molecular formula is C105H132O28P8. The molecular weight excluding hydrogens is 1960 g/mol. The van der Waals surface area contributed by atoms with Gasteiger partial charge >= 0.3 is 41.8 Å². The average molecular weight is 2090 g/mol. The number of phenolic OH excluding ortho intramolecular Hbond substituents is 1. The maximum absolute atomic E-state index is 12.8. The van der Waals surface area contributed by atoms with Gasteiger partial charge in [0, 0.05) is 93.4 Å². The molecule has 0 radical (unpaired) electrons. The predicted octanol–water partition coefficient (Wildman–Crippen LogP) is 20.4. The van der Waals surface area contributed by atoms with E-state index in [1.54, 1.807) is 48.0 Å². The van der Waals surface area contributed by atoms with Crippen LogP contribution in [0.1, 0.15) is 196 Å². The van der Waals surface area contributed by atoms with E-state index in [4.69, 9.17) is 65.5 Å². The van der Waals surface area contributed by atoms with Crippen molar-refractivity contribution < 1.29 is 132 Å². The SMILES string of the molecule is CC(CP(C)(C)=O)=P(c1ccccc1)(c1ccccc1)c1ccccc1.COC(=O)CC/C(C)=C/Cc1c(O)c2c(c(C)c1OC)COC2=O.COC(=O)CC/C(C)=C/Cc1c(OC)c(C)c2c(c1OP)C(=O)OC2.COc1c(C)c2c(c(OP)c1C/C=C(\C)CP(C)(C)=O)C(=O)OC2.COc1c(C)c2c(c(OP)c1C/C=C(\C)CP(C)(C)=O)C(=O)OC2.COc1c(C)c2c(c(OP)c1CC=O)C(=O)OC2. The lowest BCUT2D eigenvalue weighted by Crippen LogP contribution is -2.30. The van der Waals surface area contributed by atoms with Crippen LogP contribution in [0, 0.1) is 34.6 Å². The third-order valence-electron chi connectivity index (χ3n) is 24.3. The van der Waals surface area contributed by atoms with E-state index in [-0.39, 0.29) is 80.6 Å². The summed E-state index contributed by atoms with van der Waals surface area (Å²) in [4.78, 5) is 93.0. The second kappa shape index (κ2) is 52.6. The monoisotopic (exact) mass is 2090 g/mol. The molecule has 0 amide bonds. The Kier molecular flexibility index (Phi) is 43.1.